The van der Waals surface area contributed by atoms with Crippen LogP contribution in [0.25, 0.3) is 11.4 Å². The van der Waals surface area contributed by atoms with E-state index in [2.05, 4.69) is 9.97 Å². The Morgan fingerprint density at radius 2 is 2.14 bits per heavy atom. The van der Waals surface area contributed by atoms with Crippen LogP contribution in [0, 0.1) is 5.82 Å². The second-order valence-electron chi connectivity index (χ2n) is 4.88. The number of esters is 1. The smallest absolute Gasteiger partial charge is 0.341 e. The maximum absolute atomic E-state index is 13.3. The van der Waals surface area contributed by atoms with Crippen molar-refractivity contribution < 1.29 is 13.9 Å². The number of benzene rings is 1. The summed E-state index contributed by atoms with van der Waals surface area (Å²) >= 11 is 0. The molecule has 0 radical (unpaired) electrons. The monoisotopic (exact) mass is 288 g/mol. The highest BCUT2D eigenvalue weighted by Crippen LogP contribution is 2.22. The highest BCUT2D eigenvalue weighted by molar-refractivity contribution is 5.90. The van der Waals surface area contributed by atoms with Crippen molar-refractivity contribution in [2.45, 2.75) is 26.7 Å². The Kier molecular flexibility index (Phi) is 4.62. The van der Waals surface area contributed by atoms with Gasteiger partial charge in [0.25, 0.3) is 0 Å². The van der Waals surface area contributed by atoms with Crippen LogP contribution in [0.5, 0.6) is 0 Å². The fourth-order valence-corrected chi connectivity index (χ4v) is 1.97. The zero-order valence-corrected chi connectivity index (χ0v) is 12.3. The molecule has 2 aromatic rings. The van der Waals surface area contributed by atoms with E-state index in [9.17, 15) is 9.18 Å². The molecule has 21 heavy (non-hydrogen) atoms. The van der Waals surface area contributed by atoms with E-state index >= 15 is 0 Å². The molecule has 2 rings (SSSR count). The quantitative estimate of drug-likeness (QED) is 0.807. The minimum absolute atomic E-state index is 0.0275. The Labute approximate surface area is 123 Å². The van der Waals surface area contributed by atoms with Crippen molar-refractivity contribution in [3.05, 3.63) is 47.5 Å². The van der Waals surface area contributed by atoms with Gasteiger partial charge in [0, 0.05) is 11.8 Å². The summed E-state index contributed by atoms with van der Waals surface area (Å²) < 4.78 is 18.3. The first-order valence-corrected chi connectivity index (χ1v) is 6.83. The SMILES string of the molecule is CCOC(=O)c1cnc(-c2cccc(F)c2)nc1C(C)C. The molecule has 1 aromatic carbocycles. The lowest BCUT2D eigenvalue weighted by Crippen LogP contribution is -2.12. The van der Waals surface area contributed by atoms with Gasteiger partial charge >= 0.3 is 5.97 Å². The number of carbonyl (C=O) groups excluding carboxylic acids is 1. The molecule has 0 aliphatic carbocycles. The third-order valence-electron chi connectivity index (χ3n) is 2.94. The van der Waals surface area contributed by atoms with Gasteiger partial charge in [0.15, 0.2) is 5.82 Å². The fourth-order valence-electron chi connectivity index (χ4n) is 1.97. The topological polar surface area (TPSA) is 52.1 Å². The van der Waals surface area contributed by atoms with Gasteiger partial charge in [-0.3, -0.25) is 0 Å². The molecular weight excluding hydrogens is 271 g/mol. The van der Waals surface area contributed by atoms with Crippen molar-refractivity contribution in [3.8, 4) is 11.4 Å². The Balaban J connectivity index is 2.48. The summed E-state index contributed by atoms with van der Waals surface area (Å²) in [5.74, 6) is -0.366. The molecule has 0 atom stereocenters. The van der Waals surface area contributed by atoms with Crippen molar-refractivity contribution in [3.63, 3.8) is 0 Å². The highest BCUT2D eigenvalue weighted by atomic mass is 19.1. The molecule has 0 aliphatic heterocycles. The summed E-state index contributed by atoms with van der Waals surface area (Å²) in [6.45, 7) is 5.90. The lowest BCUT2D eigenvalue weighted by Gasteiger charge is -2.12. The van der Waals surface area contributed by atoms with E-state index in [1.54, 1.807) is 19.1 Å². The first-order chi connectivity index (χ1) is 10.0. The predicted octanol–water partition coefficient (Wildman–Crippen LogP) is 3.58. The molecule has 0 N–H and O–H groups in total. The van der Waals surface area contributed by atoms with Gasteiger partial charge in [-0.2, -0.15) is 0 Å². The van der Waals surface area contributed by atoms with E-state index in [0.29, 0.717) is 29.3 Å². The third kappa shape index (κ3) is 3.42. The van der Waals surface area contributed by atoms with Crippen molar-refractivity contribution in [1.82, 2.24) is 9.97 Å². The molecule has 0 unspecified atom stereocenters. The van der Waals surface area contributed by atoms with Gasteiger partial charge < -0.3 is 4.74 Å². The second kappa shape index (κ2) is 6.43. The number of ether oxygens (including phenoxy) is 1. The van der Waals surface area contributed by atoms with Gasteiger partial charge in [0.2, 0.25) is 0 Å². The number of carbonyl (C=O) groups is 1. The van der Waals surface area contributed by atoms with E-state index in [1.807, 2.05) is 13.8 Å². The number of halogens is 1. The molecule has 0 saturated carbocycles. The predicted molar refractivity (Wildman–Crippen MR) is 77.5 cm³/mol. The van der Waals surface area contributed by atoms with Gasteiger partial charge in [-0.15, -0.1) is 0 Å². The van der Waals surface area contributed by atoms with Crippen molar-refractivity contribution in [1.29, 1.82) is 0 Å². The van der Waals surface area contributed by atoms with E-state index in [-0.39, 0.29) is 11.7 Å². The van der Waals surface area contributed by atoms with Crippen molar-refractivity contribution in [2.75, 3.05) is 6.61 Å². The van der Waals surface area contributed by atoms with Crippen molar-refractivity contribution >= 4 is 5.97 Å². The number of hydrogen-bond acceptors (Lipinski definition) is 4. The summed E-state index contributed by atoms with van der Waals surface area (Å²) in [5.41, 5.74) is 1.53. The van der Waals surface area contributed by atoms with Gasteiger partial charge in [-0.25, -0.2) is 19.2 Å². The molecule has 0 saturated heterocycles. The van der Waals surface area contributed by atoms with E-state index < -0.39 is 5.97 Å². The van der Waals surface area contributed by atoms with E-state index in [4.69, 9.17) is 4.74 Å². The molecule has 0 amide bonds. The van der Waals surface area contributed by atoms with Crippen LogP contribution in [0.2, 0.25) is 0 Å². The van der Waals surface area contributed by atoms with Crippen LogP contribution in [0.1, 0.15) is 42.7 Å². The summed E-state index contributed by atoms with van der Waals surface area (Å²) in [5, 5.41) is 0. The average molecular weight is 288 g/mol. The lowest BCUT2D eigenvalue weighted by molar-refractivity contribution is 0.0523. The third-order valence-corrected chi connectivity index (χ3v) is 2.94. The molecule has 1 heterocycles. The normalized spacial score (nSPS) is 10.7. The average Bonchev–Trinajstić information content (AvgIpc) is 2.46. The molecule has 4 nitrogen and oxygen atoms in total. The number of nitrogens with zero attached hydrogens (tertiary/aromatic N) is 2. The summed E-state index contributed by atoms with van der Waals surface area (Å²) in [6, 6.07) is 6.05. The Morgan fingerprint density at radius 1 is 1.38 bits per heavy atom. The highest BCUT2D eigenvalue weighted by Gasteiger charge is 2.18. The molecule has 5 heteroatoms. The first kappa shape index (κ1) is 15.1. The minimum atomic E-state index is -0.438. The van der Waals surface area contributed by atoms with Crippen LogP contribution in [0.15, 0.2) is 30.5 Å². The number of aromatic nitrogens is 2. The Bertz CT molecular complexity index is 656. The summed E-state index contributed by atoms with van der Waals surface area (Å²) in [7, 11) is 0. The van der Waals surface area contributed by atoms with Gasteiger partial charge in [-0.1, -0.05) is 26.0 Å². The lowest BCUT2D eigenvalue weighted by atomic mass is 10.0. The van der Waals surface area contributed by atoms with Crippen LogP contribution in [-0.4, -0.2) is 22.5 Å². The molecule has 0 fully saturated rings. The standard InChI is InChI=1S/C16H17FN2O2/c1-4-21-16(20)13-9-18-15(19-14(13)10(2)3)11-6-5-7-12(17)8-11/h5-10H,4H2,1-3H3. The zero-order valence-electron chi connectivity index (χ0n) is 12.3. The second-order valence-corrected chi connectivity index (χ2v) is 4.88. The molecule has 0 aliphatic rings. The van der Waals surface area contributed by atoms with Crippen LogP contribution in [-0.2, 0) is 4.74 Å². The molecule has 110 valence electrons. The number of hydrogen-bond donors (Lipinski definition) is 0. The van der Waals surface area contributed by atoms with E-state index in [1.165, 1.54) is 18.3 Å². The van der Waals surface area contributed by atoms with E-state index in [0.717, 1.165) is 0 Å². The van der Waals surface area contributed by atoms with Crippen LogP contribution in [0.3, 0.4) is 0 Å². The fraction of sp³-hybridized carbons (Fsp3) is 0.312. The molecule has 1 aromatic heterocycles. The zero-order chi connectivity index (χ0) is 15.4. The summed E-state index contributed by atoms with van der Waals surface area (Å²) in [6.07, 6.45) is 1.45. The Hall–Kier alpha value is -2.30. The number of rotatable bonds is 4. The van der Waals surface area contributed by atoms with Crippen LogP contribution in [0.4, 0.5) is 4.39 Å². The molecule has 0 spiro atoms. The summed E-state index contributed by atoms with van der Waals surface area (Å²) in [4.78, 5) is 20.5. The Morgan fingerprint density at radius 3 is 2.76 bits per heavy atom. The largest absolute Gasteiger partial charge is 0.462 e. The van der Waals surface area contributed by atoms with Gasteiger partial charge in [-0.05, 0) is 25.0 Å². The van der Waals surface area contributed by atoms with Gasteiger partial charge in [0.1, 0.15) is 5.82 Å². The molecular formula is C16H17FN2O2. The first-order valence-electron chi connectivity index (χ1n) is 6.83. The maximum Gasteiger partial charge on any atom is 0.341 e. The van der Waals surface area contributed by atoms with Crippen LogP contribution < -0.4 is 0 Å². The molecule has 0 bridgehead atoms. The minimum Gasteiger partial charge on any atom is -0.462 e. The maximum atomic E-state index is 13.3. The van der Waals surface area contributed by atoms with Crippen molar-refractivity contribution in [2.24, 2.45) is 0 Å². The van der Waals surface area contributed by atoms with Crippen LogP contribution >= 0.6 is 0 Å². The van der Waals surface area contributed by atoms with Gasteiger partial charge in [0.05, 0.1) is 17.9 Å².